The molecule has 0 aliphatic carbocycles. The first-order valence-corrected chi connectivity index (χ1v) is 7.77. The highest BCUT2D eigenvalue weighted by Crippen LogP contribution is 2.44. The number of fused-ring (bicyclic) bond motifs is 1. The van der Waals surface area contributed by atoms with Gasteiger partial charge in [-0.05, 0) is 35.7 Å². The molecule has 0 aliphatic heterocycles. The summed E-state index contributed by atoms with van der Waals surface area (Å²) in [7, 11) is 6.30. The summed E-state index contributed by atoms with van der Waals surface area (Å²) in [5.74, 6) is 2.33. The van der Waals surface area contributed by atoms with E-state index in [1.807, 2.05) is 18.3 Å². The number of benzene rings is 2. The van der Waals surface area contributed by atoms with Crippen molar-refractivity contribution in [2.24, 2.45) is 0 Å². The average Bonchev–Trinajstić information content (AvgIpc) is 3.02. The molecule has 0 radical (unpaired) electrons. The van der Waals surface area contributed by atoms with Crippen LogP contribution in [-0.2, 0) is 6.42 Å². The average molecular weight is 343 g/mol. The zero-order valence-electron chi connectivity index (χ0n) is 14.7. The van der Waals surface area contributed by atoms with E-state index in [1.165, 1.54) is 7.11 Å². The lowest BCUT2D eigenvalue weighted by molar-refractivity contribution is 0.327. The number of methoxy groups -OCH3 is 4. The lowest BCUT2D eigenvalue weighted by Crippen LogP contribution is -1.96. The standard InChI is InChI=1S/C19H21NO5/c1-22-15-6-5-11(8-14(15)21)7-12-10-20-17-13(12)9-16(23-2)18(24-3)19(17)25-4/h5-6,8-10,20-21H,7H2,1-4H3. The third-order valence-corrected chi connectivity index (χ3v) is 4.20. The van der Waals surface area contributed by atoms with Crippen LogP contribution in [0.25, 0.3) is 10.9 Å². The van der Waals surface area contributed by atoms with E-state index in [0.717, 1.165) is 22.0 Å². The Bertz CT molecular complexity index is 900. The van der Waals surface area contributed by atoms with Crippen molar-refractivity contribution in [1.82, 2.24) is 4.98 Å². The van der Waals surface area contributed by atoms with Gasteiger partial charge >= 0.3 is 0 Å². The summed E-state index contributed by atoms with van der Waals surface area (Å²) >= 11 is 0. The molecule has 0 saturated heterocycles. The molecule has 2 aromatic carbocycles. The fourth-order valence-electron chi connectivity index (χ4n) is 3.00. The van der Waals surface area contributed by atoms with Gasteiger partial charge in [-0.1, -0.05) is 6.07 Å². The van der Waals surface area contributed by atoms with Crippen LogP contribution in [0.2, 0.25) is 0 Å². The fourth-order valence-corrected chi connectivity index (χ4v) is 3.00. The van der Waals surface area contributed by atoms with Crippen molar-refractivity contribution in [2.45, 2.75) is 6.42 Å². The van der Waals surface area contributed by atoms with Gasteiger partial charge in [0.05, 0.1) is 34.0 Å². The number of aromatic hydroxyl groups is 1. The van der Waals surface area contributed by atoms with Crippen LogP contribution in [0.15, 0.2) is 30.5 Å². The summed E-state index contributed by atoms with van der Waals surface area (Å²) in [6, 6.07) is 7.31. The van der Waals surface area contributed by atoms with E-state index in [1.54, 1.807) is 33.5 Å². The number of rotatable bonds is 6. The molecular formula is C19H21NO5. The predicted molar refractivity (Wildman–Crippen MR) is 95.4 cm³/mol. The van der Waals surface area contributed by atoms with Gasteiger partial charge in [0.25, 0.3) is 0 Å². The first-order valence-electron chi connectivity index (χ1n) is 7.77. The maximum absolute atomic E-state index is 9.98. The molecule has 0 unspecified atom stereocenters. The number of hydrogen-bond donors (Lipinski definition) is 2. The molecule has 1 aromatic heterocycles. The van der Waals surface area contributed by atoms with Crippen LogP contribution in [0.1, 0.15) is 11.1 Å². The molecule has 6 nitrogen and oxygen atoms in total. The van der Waals surface area contributed by atoms with Crippen molar-refractivity contribution < 1.29 is 24.1 Å². The number of H-pyrrole nitrogens is 1. The van der Waals surface area contributed by atoms with Crippen LogP contribution in [-0.4, -0.2) is 38.5 Å². The van der Waals surface area contributed by atoms with E-state index in [-0.39, 0.29) is 5.75 Å². The van der Waals surface area contributed by atoms with E-state index in [4.69, 9.17) is 18.9 Å². The van der Waals surface area contributed by atoms with Crippen molar-refractivity contribution in [2.75, 3.05) is 28.4 Å². The molecule has 0 spiro atoms. The lowest BCUT2D eigenvalue weighted by Gasteiger charge is -2.13. The second-order valence-corrected chi connectivity index (χ2v) is 5.56. The quantitative estimate of drug-likeness (QED) is 0.717. The fraction of sp³-hybridized carbons (Fsp3) is 0.263. The van der Waals surface area contributed by atoms with Gasteiger partial charge in [0.1, 0.15) is 0 Å². The van der Waals surface area contributed by atoms with Crippen LogP contribution >= 0.6 is 0 Å². The third kappa shape index (κ3) is 2.91. The van der Waals surface area contributed by atoms with Crippen molar-refractivity contribution in [3.8, 4) is 28.7 Å². The Morgan fingerprint density at radius 2 is 1.60 bits per heavy atom. The maximum atomic E-state index is 9.98. The molecule has 25 heavy (non-hydrogen) atoms. The van der Waals surface area contributed by atoms with E-state index < -0.39 is 0 Å². The predicted octanol–water partition coefficient (Wildman–Crippen LogP) is 3.50. The molecule has 0 fully saturated rings. The van der Waals surface area contributed by atoms with Crippen LogP contribution in [0.5, 0.6) is 28.7 Å². The summed E-state index contributed by atoms with van der Waals surface area (Å²) in [6.07, 6.45) is 2.56. The van der Waals surface area contributed by atoms with Gasteiger partial charge in [-0.25, -0.2) is 0 Å². The zero-order valence-corrected chi connectivity index (χ0v) is 14.7. The Hall–Kier alpha value is -3.02. The van der Waals surface area contributed by atoms with Crippen LogP contribution in [0.3, 0.4) is 0 Å². The number of aromatic amines is 1. The number of nitrogens with one attached hydrogen (secondary N) is 1. The summed E-state index contributed by atoms with van der Waals surface area (Å²) in [5, 5.41) is 11.0. The first kappa shape index (κ1) is 16.8. The van der Waals surface area contributed by atoms with E-state index in [9.17, 15) is 5.11 Å². The SMILES string of the molecule is COc1ccc(Cc2c[nH]c3c(OC)c(OC)c(OC)cc23)cc1O. The van der Waals surface area contributed by atoms with Gasteiger partial charge in [-0.3, -0.25) is 0 Å². The van der Waals surface area contributed by atoms with Gasteiger partial charge < -0.3 is 29.0 Å². The van der Waals surface area contributed by atoms with Crippen molar-refractivity contribution in [3.05, 3.63) is 41.6 Å². The Kier molecular flexibility index (Phi) is 4.61. The Labute approximate surface area is 145 Å². The second-order valence-electron chi connectivity index (χ2n) is 5.56. The minimum absolute atomic E-state index is 0.122. The Balaban J connectivity index is 2.07. The van der Waals surface area contributed by atoms with Crippen LogP contribution < -0.4 is 18.9 Å². The van der Waals surface area contributed by atoms with Gasteiger partial charge in [0.15, 0.2) is 23.0 Å². The monoisotopic (exact) mass is 343 g/mol. The lowest BCUT2D eigenvalue weighted by atomic mass is 10.0. The summed E-state index contributed by atoms with van der Waals surface area (Å²) in [6.45, 7) is 0. The topological polar surface area (TPSA) is 72.9 Å². The molecule has 1 heterocycles. The minimum Gasteiger partial charge on any atom is -0.504 e. The van der Waals surface area contributed by atoms with E-state index in [2.05, 4.69) is 4.98 Å². The smallest absolute Gasteiger partial charge is 0.205 e. The molecular weight excluding hydrogens is 322 g/mol. The molecule has 2 N–H and O–H groups in total. The number of phenolic OH excluding ortho intramolecular Hbond substituents is 1. The molecule has 6 heteroatoms. The molecule has 0 amide bonds. The van der Waals surface area contributed by atoms with Crippen molar-refractivity contribution >= 4 is 10.9 Å². The second kappa shape index (κ2) is 6.84. The molecule has 0 atom stereocenters. The molecule has 0 bridgehead atoms. The van der Waals surface area contributed by atoms with Gasteiger partial charge in [-0.2, -0.15) is 0 Å². The van der Waals surface area contributed by atoms with Gasteiger partial charge in [-0.15, -0.1) is 0 Å². The summed E-state index contributed by atoms with van der Waals surface area (Å²) < 4.78 is 21.5. The Morgan fingerprint density at radius 1 is 0.880 bits per heavy atom. The van der Waals surface area contributed by atoms with Gasteiger partial charge in [0, 0.05) is 11.6 Å². The number of aromatic nitrogens is 1. The van der Waals surface area contributed by atoms with Gasteiger partial charge in [0.2, 0.25) is 5.75 Å². The highest BCUT2D eigenvalue weighted by molar-refractivity contribution is 5.93. The number of hydrogen-bond acceptors (Lipinski definition) is 5. The molecule has 132 valence electrons. The van der Waals surface area contributed by atoms with Crippen LogP contribution in [0.4, 0.5) is 0 Å². The first-order chi connectivity index (χ1) is 12.1. The van der Waals surface area contributed by atoms with Crippen LogP contribution in [0, 0.1) is 0 Å². The zero-order chi connectivity index (χ0) is 18.0. The Morgan fingerprint density at radius 3 is 2.20 bits per heavy atom. The largest absolute Gasteiger partial charge is 0.504 e. The molecule has 0 saturated carbocycles. The maximum Gasteiger partial charge on any atom is 0.205 e. The molecule has 0 aliphatic rings. The number of phenols is 1. The minimum atomic E-state index is 0.122. The van der Waals surface area contributed by atoms with E-state index >= 15 is 0 Å². The molecule has 3 rings (SSSR count). The number of ether oxygens (including phenoxy) is 4. The van der Waals surface area contributed by atoms with Crippen molar-refractivity contribution in [3.63, 3.8) is 0 Å². The molecule has 3 aromatic rings. The van der Waals surface area contributed by atoms with Crippen molar-refractivity contribution in [1.29, 1.82) is 0 Å². The highest BCUT2D eigenvalue weighted by atomic mass is 16.5. The van der Waals surface area contributed by atoms with E-state index in [0.29, 0.717) is 29.4 Å². The summed E-state index contributed by atoms with van der Waals surface area (Å²) in [5.41, 5.74) is 2.86. The highest BCUT2D eigenvalue weighted by Gasteiger charge is 2.19. The third-order valence-electron chi connectivity index (χ3n) is 4.20. The summed E-state index contributed by atoms with van der Waals surface area (Å²) in [4.78, 5) is 3.24. The normalized spacial score (nSPS) is 10.7.